The van der Waals surface area contributed by atoms with Gasteiger partial charge >= 0.3 is 0 Å². The van der Waals surface area contributed by atoms with Crippen LogP contribution in [0, 0.1) is 0 Å². The molecule has 1 nitrogen and oxygen atoms in total. The Kier molecular flexibility index (Phi) is 5.19. The van der Waals surface area contributed by atoms with E-state index in [2.05, 4.69) is 68.6 Å². The van der Waals surface area contributed by atoms with Crippen LogP contribution in [0.4, 0.5) is 4.39 Å². The van der Waals surface area contributed by atoms with Crippen LogP contribution in [-0.4, -0.2) is 6.67 Å². The zero-order valence-electron chi connectivity index (χ0n) is 15.2. The third kappa shape index (κ3) is 4.08. The van der Waals surface area contributed by atoms with Crippen LogP contribution in [0.5, 0.6) is 0 Å². The Balaban J connectivity index is 1.76. The molecule has 25 heavy (non-hydrogen) atoms. The number of nitrogens with one attached hydrogen (secondary N) is 1. The van der Waals surface area contributed by atoms with Gasteiger partial charge in [0.2, 0.25) is 0 Å². The van der Waals surface area contributed by atoms with Gasteiger partial charge in [-0.05, 0) is 32.9 Å². The molecule has 0 unspecified atom stereocenters. The molecule has 1 atom stereocenters. The predicted molar refractivity (Wildman–Crippen MR) is 105 cm³/mol. The number of benzene rings is 3. The second-order valence-corrected chi connectivity index (χ2v) is 7.60. The Bertz CT molecular complexity index is 825. The van der Waals surface area contributed by atoms with Gasteiger partial charge in [0, 0.05) is 6.54 Å². The molecule has 0 aromatic heterocycles. The number of rotatable bonds is 5. The van der Waals surface area contributed by atoms with Crippen LogP contribution in [-0.2, 0) is 12.0 Å². The normalized spacial score (nSPS) is 13.1. The van der Waals surface area contributed by atoms with E-state index in [-0.39, 0.29) is 11.5 Å². The predicted octanol–water partition coefficient (Wildman–Crippen LogP) is 5.94. The molecule has 0 bridgehead atoms. The highest BCUT2D eigenvalue weighted by molar-refractivity contribution is 5.85. The number of alkyl halides is 1. The van der Waals surface area contributed by atoms with Gasteiger partial charge in [0.15, 0.2) is 0 Å². The summed E-state index contributed by atoms with van der Waals surface area (Å²) in [6.45, 7) is 6.80. The molecule has 1 N–H and O–H groups in total. The second kappa shape index (κ2) is 7.37. The van der Waals surface area contributed by atoms with E-state index in [1.165, 1.54) is 21.9 Å². The van der Waals surface area contributed by atoms with E-state index < -0.39 is 6.67 Å². The molecule has 0 aliphatic carbocycles. The first kappa shape index (κ1) is 17.6. The number of hydrogen-bond donors (Lipinski definition) is 1. The fourth-order valence-corrected chi connectivity index (χ4v) is 3.16. The first-order valence-electron chi connectivity index (χ1n) is 8.85. The van der Waals surface area contributed by atoms with Crippen molar-refractivity contribution in [1.29, 1.82) is 0 Å². The Hall–Kier alpha value is -2.19. The number of fused-ring (bicyclic) bond motifs is 1. The van der Waals surface area contributed by atoms with Crippen molar-refractivity contribution >= 4 is 10.8 Å². The molecule has 3 aromatic carbocycles. The standard InChI is InChI=1S/C23H26FN/c1-23(2,3)20-13-11-18(12-14-20)22(15-24)25-16-19-9-6-8-17-7-4-5-10-21(17)19/h4-14,22,25H,15-16H2,1-3H3/t22-/m1/s1. The molecular formula is C23H26FN. The maximum atomic E-state index is 13.6. The molecule has 0 saturated carbocycles. The molecule has 0 aliphatic heterocycles. The summed E-state index contributed by atoms with van der Waals surface area (Å²) in [5.41, 5.74) is 3.57. The van der Waals surface area contributed by atoms with Crippen LogP contribution in [0.2, 0.25) is 0 Å². The number of hydrogen-bond acceptors (Lipinski definition) is 1. The summed E-state index contributed by atoms with van der Waals surface area (Å²) in [5.74, 6) is 0. The minimum Gasteiger partial charge on any atom is -0.304 e. The van der Waals surface area contributed by atoms with Gasteiger partial charge in [0.25, 0.3) is 0 Å². The van der Waals surface area contributed by atoms with E-state index in [0.717, 1.165) is 5.56 Å². The molecule has 0 aliphatic rings. The van der Waals surface area contributed by atoms with Gasteiger partial charge in [-0.1, -0.05) is 87.5 Å². The smallest absolute Gasteiger partial charge is 0.109 e. The molecule has 2 heteroatoms. The van der Waals surface area contributed by atoms with Crippen molar-refractivity contribution in [1.82, 2.24) is 5.32 Å². The lowest BCUT2D eigenvalue weighted by atomic mass is 9.86. The molecule has 0 saturated heterocycles. The van der Waals surface area contributed by atoms with Crippen LogP contribution in [0.3, 0.4) is 0 Å². The third-order valence-corrected chi connectivity index (χ3v) is 4.75. The van der Waals surface area contributed by atoms with Crippen molar-refractivity contribution in [2.45, 2.75) is 38.8 Å². The molecule has 0 amide bonds. The fraction of sp³-hybridized carbons (Fsp3) is 0.304. The summed E-state index contributed by atoms with van der Waals surface area (Å²) in [7, 11) is 0. The maximum absolute atomic E-state index is 13.6. The molecular weight excluding hydrogens is 309 g/mol. The van der Waals surface area contributed by atoms with Crippen LogP contribution in [0.15, 0.2) is 66.7 Å². The van der Waals surface area contributed by atoms with E-state index in [1.54, 1.807) is 0 Å². The van der Waals surface area contributed by atoms with Crippen molar-refractivity contribution in [3.8, 4) is 0 Å². The average molecular weight is 335 g/mol. The zero-order valence-corrected chi connectivity index (χ0v) is 15.2. The summed E-state index contributed by atoms with van der Waals surface area (Å²) in [6.07, 6.45) is 0. The quantitative estimate of drug-likeness (QED) is 0.608. The Morgan fingerprint density at radius 1 is 0.880 bits per heavy atom. The molecule has 0 spiro atoms. The first-order valence-corrected chi connectivity index (χ1v) is 8.85. The SMILES string of the molecule is CC(C)(C)c1ccc([C@@H](CF)NCc2cccc3ccccc23)cc1. The van der Waals surface area contributed by atoms with Crippen LogP contribution in [0.1, 0.15) is 43.5 Å². The molecule has 0 heterocycles. The van der Waals surface area contributed by atoms with Gasteiger partial charge in [0.1, 0.15) is 6.67 Å². The van der Waals surface area contributed by atoms with Gasteiger partial charge in [-0.3, -0.25) is 0 Å². The molecule has 3 aromatic rings. The fourth-order valence-electron chi connectivity index (χ4n) is 3.16. The highest BCUT2D eigenvalue weighted by Crippen LogP contribution is 2.25. The van der Waals surface area contributed by atoms with Gasteiger partial charge in [-0.15, -0.1) is 0 Å². The van der Waals surface area contributed by atoms with Gasteiger partial charge in [0.05, 0.1) is 6.04 Å². The van der Waals surface area contributed by atoms with Crippen molar-refractivity contribution in [3.05, 3.63) is 83.4 Å². The van der Waals surface area contributed by atoms with Crippen LogP contribution >= 0.6 is 0 Å². The monoisotopic (exact) mass is 335 g/mol. The van der Waals surface area contributed by atoms with Crippen molar-refractivity contribution in [2.75, 3.05) is 6.67 Å². The molecule has 0 radical (unpaired) electrons. The zero-order chi connectivity index (χ0) is 17.9. The summed E-state index contributed by atoms with van der Waals surface area (Å²) < 4.78 is 13.6. The van der Waals surface area contributed by atoms with Crippen LogP contribution in [0.25, 0.3) is 10.8 Å². The van der Waals surface area contributed by atoms with E-state index in [1.807, 2.05) is 24.3 Å². The topological polar surface area (TPSA) is 12.0 Å². The molecule has 3 rings (SSSR count). The average Bonchev–Trinajstić information content (AvgIpc) is 2.62. The summed E-state index contributed by atoms with van der Waals surface area (Å²) in [5, 5.41) is 5.81. The largest absolute Gasteiger partial charge is 0.304 e. The maximum Gasteiger partial charge on any atom is 0.109 e. The summed E-state index contributed by atoms with van der Waals surface area (Å²) in [4.78, 5) is 0. The van der Waals surface area contributed by atoms with Crippen molar-refractivity contribution < 1.29 is 4.39 Å². The second-order valence-electron chi connectivity index (χ2n) is 7.60. The van der Waals surface area contributed by atoms with Crippen molar-refractivity contribution in [2.24, 2.45) is 0 Å². The highest BCUT2D eigenvalue weighted by Gasteiger charge is 2.16. The Labute approximate surface area is 149 Å². The van der Waals surface area contributed by atoms with Crippen LogP contribution < -0.4 is 5.32 Å². The van der Waals surface area contributed by atoms with E-state index in [4.69, 9.17) is 0 Å². The van der Waals surface area contributed by atoms with Gasteiger partial charge < -0.3 is 5.32 Å². The Morgan fingerprint density at radius 2 is 1.56 bits per heavy atom. The van der Waals surface area contributed by atoms with E-state index in [0.29, 0.717) is 6.54 Å². The van der Waals surface area contributed by atoms with E-state index in [9.17, 15) is 4.39 Å². The third-order valence-electron chi connectivity index (χ3n) is 4.75. The first-order chi connectivity index (χ1) is 12.0. The minimum atomic E-state index is -0.417. The van der Waals surface area contributed by atoms with E-state index >= 15 is 0 Å². The minimum absolute atomic E-state index is 0.111. The highest BCUT2D eigenvalue weighted by atomic mass is 19.1. The molecule has 0 fully saturated rings. The molecule has 130 valence electrons. The van der Waals surface area contributed by atoms with Gasteiger partial charge in [-0.25, -0.2) is 4.39 Å². The van der Waals surface area contributed by atoms with Crippen molar-refractivity contribution in [3.63, 3.8) is 0 Å². The number of halogens is 1. The lowest BCUT2D eigenvalue weighted by Gasteiger charge is -2.21. The van der Waals surface area contributed by atoms with Gasteiger partial charge in [-0.2, -0.15) is 0 Å². The Morgan fingerprint density at radius 3 is 2.24 bits per heavy atom. The lowest BCUT2D eigenvalue weighted by molar-refractivity contribution is 0.381. The summed E-state index contributed by atoms with van der Waals surface area (Å²) >= 11 is 0. The summed E-state index contributed by atoms with van der Waals surface area (Å²) in [6, 6.07) is 22.6. The lowest BCUT2D eigenvalue weighted by Crippen LogP contribution is -2.23.